The first-order chi connectivity index (χ1) is 5.33. The van der Waals surface area contributed by atoms with E-state index in [0.29, 0.717) is 6.42 Å². The lowest BCUT2D eigenvalue weighted by Crippen LogP contribution is -2.20. The number of rotatable bonds is 2. The highest BCUT2D eigenvalue weighted by Gasteiger charge is 2.00. The van der Waals surface area contributed by atoms with E-state index in [1.165, 1.54) is 0 Å². The first kappa shape index (κ1) is 7.83. The summed E-state index contributed by atoms with van der Waals surface area (Å²) in [4.78, 5) is 6.90. The molecule has 58 valence electrons. The summed E-state index contributed by atoms with van der Waals surface area (Å²) >= 11 is 0. The van der Waals surface area contributed by atoms with Gasteiger partial charge in [0.15, 0.2) is 0 Å². The van der Waals surface area contributed by atoms with E-state index in [9.17, 15) is 0 Å². The second-order valence-corrected chi connectivity index (χ2v) is 2.27. The van der Waals surface area contributed by atoms with Crippen molar-refractivity contribution in [1.82, 2.24) is 9.97 Å². The Hall–Kier alpha value is -1.27. The normalized spacial score (nSPS) is 11.8. The Labute approximate surface area is 66.0 Å². The Balaban J connectivity index is 2.48. The van der Waals surface area contributed by atoms with Crippen molar-refractivity contribution in [2.45, 2.75) is 19.4 Å². The van der Waals surface area contributed by atoms with Crippen LogP contribution in [0, 0.1) is 11.8 Å². The number of aromatic amines is 1. The molecule has 0 aromatic carbocycles. The Kier molecular flexibility index (Phi) is 2.70. The van der Waals surface area contributed by atoms with Crippen LogP contribution in [-0.4, -0.2) is 16.0 Å². The molecule has 0 aliphatic carbocycles. The molecule has 1 rings (SSSR count). The summed E-state index contributed by atoms with van der Waals surface area (Å²) < 4.78 is 0. The fraction of sp³-hybridized carbons (Fsp3) is 0.375. The van der Waals surface area contributed by atoms with Crippen molar-refractivity contribution in [2.24, 2.45) is 5.73 Å². The van der Waals surface area contributed by atoms with Crippen molar-refractivity contribution in [3.63, 3.8) is 0 Å². The molecule has 1 atom stereocenters. The molecule has 0 radical (unpaired) electrons. The van der Waals surface area contributed by atoms with Crippen molar-refractivity contribution < 1.29 is 0 Å². The van der Waals surface area contributed by atoms with Gasteiger partial charge in [-0.2, -0.15) is 0 Å². The van der Waals surface area contributed by atoms with Crippen LogP contribution in [0.25, 0.3) is 0 Å². The number of imidazole rings is 1. The molecule has 0 spiro atoms. The molecular formula is C8H11N3. The molecule has 11 heavy (non-hydrogen) atoms. The summed E-state index contributed by atoms with van der Waals surface area (Å²) in [5.74, 6) is 5.62. The zero-order valence-electron chi connectivity index (χ0n) is 6.46. The quantitative estimate of drug-likeness (QED) is 0.594. The third-order valence-electron chi connectivity index (χ3n) is 1.31. The smallest absolute Gasteiger partial charge is 0.0923 e. The fourth-order valence-electron chi connectivity index (χ4n) is 0.864. The van der Waals surface area contributed by atoms with Gasteiger partial charge in [0.25, 0.3) is 0 Å². The van der Waals surface area contributed by atoms with Gasteiger partial charge in [-0.15, -0.1) is 5.92 Å². The molecule has 0 aliphatic rings. The van der Waals surface area contributed by atoms with Crippen LogP contribution in [0.4, 0.5) is 0 Å². The van der Waals surface area contributed by atoms with Crippen LogP contribution in [0.3, 0.4) is 0 Å². The minimum atomic E-state index is -0.0942. The SMILES string of the molecule is CC#CC(N)Cc1c[nH]cn1. The van der Waals surface area contributed by atoms with E-state index >= 15 is 0 Å². The molecule has 0 saturated carbocycles. The molecule has 1 aromatic heterocycles. The van der Waals surface area contributed by atoms with Crippen LogP contribution < -0.4 is 5.73 Å². The Morgan fingerprint density at radius 1 is 1.82 bits per heavy atom. The second kappa shape index (κ2) is 3.79. The number of nitrogens with one attached hydrogen (secondary N) is 1. The zero-order valence-corrected chi connectivity index (χ0v) is 6.46. The van der Waals surface area contributed by atoms with Gasteiger partial charge >= 0.3 is 0 Å². The summed E-state index contributed by atoms with van der Waals surface area (Å²) in [7, 11) is 0. The Morgan fingerprint density at radius 2 is 2.64 bits per heavy atom. The minimum absolute atomic E-state index is 0.0942. The van der Waals surface area contributed by atoms with E-state index in [-0.39, 0.29) is 6.04 Å². The molecule has 1 heterocycles. The van der Waals surface area contributed by atoms with E-state index in [1.54, 1.807) is 13.3 Å². The lowest BCUT2D eigenvalue weighted by Gasteiger charge is -1.98. The van der Waals surface area contributed by atoms with Crippen LogP contribution in [0.1, 0.15) is 12.6 Å². The zero-order chi connectivity index (χ0) is 8.10. The number of H-pyrrole nitrogens is 1. The van der Waals surface area contributed by atoms with Crippen molar-refractivity contribution in [3.8, 4) is 11.8 Å². The van der Waals surface area contributed by atoms with Gasteiger partial charge in [-0.05, 0) is 6.92 Å². The minimum Gasteiger partial charge on any atom is -0.351 e. The predicted octanol–water partition coefficient (Wildman–Crippen LogP) is 0.303. The monoisotopic (exact) mass is 149 g/mol. The van der Waals surface area contributed by atoms with Crippen molar-refractivity contribution >= 4 is 0 Å². The van der Waals surface area contributed by atoms with Gasteiger partial charge in [-0.1, -0.05) is 5.92 Å². The van der Waals surface area contributed by atoms with E-state index in [2.05, 4.69) is 21.8 Å². The van der Waals surface area contributed by atoms with Crippen LogP contribution >= 0.6 is 0 Å². The molecular weight excluding hydrogens is 138 g/mol. The number of hydrogen-bond donors (Lipinski definition) is 2. The third-order valence-corrected chi connectivity index (χ3v) is 1.31. The van der Waals surface area contributed by atoms with Gasteiger partial charge < -0.3 is 10.7 Å². The number of nitrogens with two attached hydrogens (primary N) is 1. The maximum absolute atomic E-state index is 5.65. The van der Waals surface area contributed by atoms with Gasteiger partial charge in [0.2, 0.25) is 0 Å². The summed E-state index contributed by atoms with van der Waals surface area (Å²) in [6, 6.07) is -0.0942. The first-order valence-electron chi connectivity index (χ1n) is 3.48. The Bertz CT molecular complexity index is 253. The summed E-state index contributed by atoms with van der Waals surface area (Å²) in [5, 5.41) is 0. The van der Waals surface area contributed by atoms with Gasteiger partial charge in [0.05, 0.1) is 18.1 Å². The van der Waals surface area contributed by atoms with Crippen LogP contribution in [0.2, 0.25) is 0 Å². The Morgan fingerprint density at radius 3 is 3.18 bits per heavy atom. The number of nitrogens with zero attached hydrogens (tertiary/aromatic N) is 1. The molecule has 1 unspecified atom stereocenters. The standard InChI is InChI=1S/C8H11N3/c1-2-3-7(9)4-8-5-10-6-11-8/h5-7H,4,9H2,1H3,(H,10,11). The fourth-order valence-corrected chi connectivity index (χ4v) is 0.864. The number of aromatic nitrogens is 2. The average molecular weight is 149 g/mol. The molecule has 0 saturated heterocycles. The topological polar surface area (TPSA) is 54.7 Å². The lowest BCUT2D eigenvalue weighted by atomic mass is 10.2. The average Bonchev–Trinajstić information content (AvgIpc) is 2.40. The largest absolute Gasteiger partial charge is 0.351 e. The number of hydrogen-bond acceptors (Lipinski definition) is 2. The first-order valence-corrected chi connectivity index (χ1v) is 3.48. The molecule has 0 bridgehead atoms. The van der Waals surface area contributed by atoms with Gasteiger partial charge in [0.1, 0.15) is 0 Å². The highest BCUT2D eigenvalue weighted by molar-refractivity contribution is 5.09. The van der Waals surface area contributed by atoms with Gasteiger partial charge in [-0.3, -0.25) is 0 Å². The van der Waals surface area contributed by atoms with E-state index < -0.39 is 0 Å². The summed E-state index contributed by atoms with van der Waals surface area (Å²) in [6.07, 6.45) is 4.18. The molecule has 0 aliphatic heterocycles. The summed E-state index contributed by atoms with van der Waals surface area (Å²) in [6.45, 7) is 1.78. The highest BCUT2D eigenvalue weighted by Crippen LogP contribution is 1.94. The van der Waals surface area contributed by atoms with Gasteiger partial charge in [-0.25, -0.2) is 4.98 Å². The predicted molar refractivity (Wildman–Crippen MR) is 43.7 cm³/mol. The van der Waals surface area contributed by atoms with Crippen LogP contribution in [0.15, 0.2) is 12.5 Å². The molecule has 3 heteroatoms. The maximum atomic E-state index is 5.65. The van der Waals surface area contributed by atoms with E-state index in [1.807, 2.05) is 6.20 Å². The molecule has 3 N–H and O–H groups in total. The van der Waals surface area contributed by atoms with Crippen LogP contribution in [-0.2, 0) is 6.42 Å². The second-order valence-electron chi connectivity index (χ2n) is 2.27. The molecule has 1 aromatic rings. The van der Waals surface area contributed by atoms with E-state index in [0.717, 1.165) is 5.69 Å². The van der Waals surface area contributed by atoms with Crippen molar-refractivity contribution in [3.05, 3.63) is 18.2 Å². The lowest BCUT2D eigenvalue weighted by molar-refractivity contribution is 0.815. The van der Waals surface area contributed by atoms with Crippen molar-refractivity contribution in [1.29, 1.82) is 0 Å². The van der Waals surface area contributed by atoms with Crippen molar-refractivity contribution in [2.75, 3.05) is 0 Å². The van der Waals surface area contributed by atoms with Crippen LogP contribution in [0.5, 0.6) is 0 Å². The maximum Gasteiger partial charge on any atom is 0.0923 e. The third kappa shape index (κ3) is 2.44. The van der Waals surface area contributed by atoms with E-state index in [4.69, 9.17) is 5.73 Å². The summed E-state index contributed by atoms with van der Waals surface area (Å²) in [5.41, 5.74) is 6.61. The highest BCUT2D eigenvalue weighted by atomic mass is 14.9. The molecule has 3 nitrogen and oxygen atoms in total. The molecule has 0 amide bonds. The van der Waals surface area contributed by atoms with Gasteiger partial charge in [0, 0.05) is 12.6 Å². The molecule has 0 fully saturated rings.